The Bertz CT molecular complexity index is 1210. The number of amides is 1. The SMILES string of the molecule is O=C(NNc1ccccc1C(F)(F)F)c1cc(-c2cccnc2)nc2ccccc12. The van der Waals surface area contributed by atoms with Gasteiger partial charge in [-0.1, -0.05) is 30.3 Å². The summed E-state index contributed by atoms with van der Waals surface area (Å²) in [5.74, 6) is -0.587. The van der Waals surface area contributed by atoms with Crippen molar-refractivity contribution in [3.05, 3.63) is 90.3 Å². The molecule has 0 aliphatic carbocycles. The van der Waals surface area contributed by atoms with Crippen LogP contribution in [0.2, 0.25) is 0 Å². The lowest BCUT2D eigenvalue weighted by molar-refractivity contribution is -0.137. The number of hydrazine groups is 1. The quantitative estimate of drug-likeness (QED) is 0.463. The van der Waals surface area contributed by atoms with Gasteiger partial charge in [0.05, 0.1) is 28.0 Å². The van der Waals surface area contributed by atoms with Gasteiger partial charge in [0.15, 0.2) is 0 Å². The first kappa shape index (κ1) is 19.4. The van der Waals surface area contributed by atoms with Crippen LogP contribution in [0.4, 0.5) is 18.9 Å². The van der Waals surface area contributed by atoms with Crippen molar-refractivity contribution in [3.63, 3.8) is 0 Å². The molecular formula is C22H15F3N4O. The summed E-state index contributed by atoms with van der Waals surface area (Å²) in [6.07, 6.45) is -1.30. The zero-order valence-electron chi connectivity index (χ0n) is 15.4. The first-order valence-corrected chi connectivity index (χ1v) is 8.96. The highest BCUT2D eigenvalue weighted by atomic mass is 19.4. The van der Waals surface area contributed by atoms with Crippen LogP contribution in [-0.4, -0.2) is 15.9 Å². The molecule has 0 aliphatic rings. The number of pyridine rings is 2. The summed E-state index contributed by atoms with van der Waals surface area (Å²) in [5, 5.41) is 0.577. The third kappa shape index (κ3) is 3.93. The van der Waals surface area contributed by atoms with Crippen LogP contribution in [0.1, 0.15) is 15.9 Å². The van der Waals surface area contributed by atoms with E-state index in [4.69, 9.17) is 0 Å². The minimum absolute atomic E-state index is 0.246. The summed E-state index contributed by atoms with van der Waals surface area (Å²) in [6, 6.07) is 17.1. The normalized spacial score (nSPS) is 11.3. The van der Waals surface area contributed by atoms with E-state index in [-0.39, 0.29) is 11.3 Å². The third-order valence-corrected chi connectivity index (χ3v) is 4.46. The van der Waals surface area contributed by atoms with Gasteiger partial charge in [-0.05, 0) is 36.4 Å². The number of hydrogen-bond acceptors (Lipinski definition) is 4. The molecule has 4 rings (SSSR count). The van der Waals surface area contributed by atoms with E-state index in [1.807, 2.05) is 6.07 Å². The largest absolute Gasteiger partial charge is 0.418 e. The number of rotatable bonds is 4. The number of fused-ring (bicyclic) bond motifs is 1. The molecule has 4 aromatic rings. The molecule has 0 fully saturated rings. The van der Waals surface area contributed by atoms with Crippen molar-refractivity contribution in [1.82, 2.24) is 15.4 Å². The molecule has 5 nitrogen and oxygen atoms in total. The Hall–Kier alpha value is -3.94. The number of nitrogens with zero attached hydrogens (tertiary/aromatic N) is 2. The number of carbonyl (C=O) groups is 1. The van der Waals surface area contributed by atoms with E-state index in [0.29, 0.717) is 22.2 Å². The summed E-state index contributed by atoms with van der Waals surface area (Å²) in [7, 11) is 0. The molecule has 8 heteroatoms. The van der Waals surface area contributed by atoms with Gasteiger partial charge in [-0.2, -0.15) is 13.2 Å². The van der Waals surface area contributed by atoms with Crippen LogP contribution in [0.25, 0.3) is 22.2 Å². The van der Waals surface area contributed by atoms with Gasteiger partial charge in [0.1, 0.15) is 0 Å². The van der Waals surface area contributed by atoms with E-state index >= 15 is 0 Å². The molecule has 2 N–H and O–H groups in total. The zero-order valence-corrected chi connectivity index (χ0v) is 15.4. The van der Waals surface area contributed by atoms with Gasteiger partial charge < -0.3 is 0 Å². The molecule has 0 saturated carbocycles. The standard InChI is InChI=1S/C22H15F3N4O/c23-22(24,25)17-8-2-4-10-19(17)28-29-21(30)16-12-20(14-6-5-11-26-13-14)27-18-9-3-1-7-15(16)18/h1-13,28H,(H,29,30). The van der Waals surface area contributed by atoms with Crippen molar-refractivity contribution in [2.45, 2.75) is 6.18 Å². The van der Waals surface area contributed by atoms with Gasteiger partial charge in [0.2, 0.25) is 0 Å². The van der Waals surface area contributed by atoms with Crippen molar-refractivity contribution < 1.29 is 18.0 Å². The minimum atomic E-state index is -4.55. The summed E-state index contributed by atoms with van der Waals surface area (Å²) in [5.41, 5.74) is 5.74. The molecule has 1 amide bonds. The predicted molar refractivity (Wildman–Crippen MR) is 108 cm³/mol. The van der Waals surface area contributed by atoms with Gasteiger partial charge in [-0.3, -0.25) is 20.6 Å². The van der Waals surface area contributed by atoms with Crippen LogP contribution in [0, 0.1) is 0 Å². The van der Waals surface area contributed by atoms with Crippen molar-refractivity contribution in [3.8, 4) is 11.3 Å². The molecule has 2 aromatic heterocycles. The second kappa shape index (κ2) is 7.82. The lowest BCUT2D eigenvalue weighted by Crippen LogP contribution is -2.30. The smallest absolute Gasteiger partial charge is 0.298 e. The number of anilines is 1. The van der Waals surface area contributed by atoms with Crippen molar-refractivity contribution in [2.24, 2.45) is 0 Å². The summed E-state index contributed by atoms with van der Waals surface area (Å²) in [6.45, 7) is 0. The van der Waals surface area contributed by atoms with E-state index in [0.717, 1.165) is 6.07 Å². The maximum atomic E-state index is 13.2. The molecule has 30 heavy (non-hydrogen) atoms. The highest BCUT2D eigenvalue weighted by Gasteiger charge is 2.33. The monoisotopic (exact) mass is 408 g/mol. The van der Waals surface area contributed by atoms with Crippen LogP contribution in [-0.2, 0) is 6.18 Å². The molecule has 2 aromatic carbocycles. The van der Waals surface area contributed by atoms with Crippen molar-refractivity contribution >= 4 is 22.5 Å². The molecule has 0 saturated heterocycles. The van der Waals surface area contributed by atoms with E-state index in [9.17, 15) is 18.0 Å². The minimum Gasteiger partial charge on any atom is -0.298 e. The Morgan fingerprint density at radius 1 is 0.933 bits per heavy atom. The fourth-order valence-electron chi connectivity index (χ4n) is 3.06. The zero-order chi connectivity index (χ0) is 21.1. The summed E-state index contributed by atoms with van der Waals surface area (Å²) < 4.78 is 39.5. The Labute approximate surface area is 169 Å². The number of nitrogens with one attached hydrogen (secondary N) is 2. The molecule has 0 atom stereocenters. The van der Waals surface area contributed by atoms with E-state index in [2.05, 4.69) is 20.8 Å². The Morgan fingerprint density at radius 2 is 1.70 bits per heavy atom. The molecule has 0 aliphatic heterocycles. The van der Waals surface area contributed by atoms with E-state index in [1.165, 1.54) is 18.2 Å². The fraction of sp³-hybridized carbons (Fsp3) is 0.0455. The van der Waals surface area contributed by atoms with Gasteiger partial charge in [0, 0.05) is 23.3 Å². The number of alkyl halides is 3. The summed E-state index contributed by atoms with van der Waals surface area (Å²) >= 11 is 0. The van der Waals surface area contributed by atoms with Crippen molar-refractivity contribution in [2.75, 3.05) is 5.43 Å². The van der Waals surface area contributed by atoms with Crippen LogP contribution < -0.4 is 10.9 Å². The number of aromatic nitrogens is 2. The molecule has 0 bridgehead atoms. The van der Waals surface area contributed by atoms with Gasteiger partial charge >= 0.3 is 6.18 Å². The van der Waals surface area contributed by atoms with Gasteiger partial charge in [-0.25, -0.2) is 4.98 Å². The second-order valence-electron chi connectivity index (χ2n) is 6.44. The number of benzene rings is 2. The Kier molecular flexibility index (Phi) is 5.05. The number of carbonyl (C=O) groups excluding carboxylic acids is 1. The maximum absolute atomic E-state index is 13.2. The molecular weight excluding hydrogens is 393 g/mol. The predicted octanol–water partition coefficient (Wildman–Crippen LogP) is 5.07. The lowest BCUT2D eigenvalue weighted by atomic mass is 10.0. The first-order valence-electron chi connectivity index (χ1n) is 8.96. The van der Waals surface area contributed by atoms with Gasteiger partial charge in [-0.15, -0.1) is 0 Å². The molecule has 2 heterocycles. The number of halogens is 3. The number of para-hydroxylation sites is 2. The fourth-order valence-corrected chi connectivity index (χ4v) is 3.06. The highest BCUT2D eigenvalue weighted by molar-refractivity contribution is 6.07. The average Bonchev–Trinajstić information content (AvgIpc) is 2.77. The topological polar surface area (TPSA) is 66.9 Å². The van der Waals surface area contributed by atoms with Crippen LogP contribution in [0.3, 0.4) is 0 Å². The van der Waals surface area contributed by atoms with Gasteiger partial charge in [0.25, 0.3) is 5.91 Å². The molecule has 0 unspecified atom stereocenters. The Balaban J connectivity index is 1.69. The van der Waals surface area contributed by atoms with Crippen LogP contribution in [0.15, 0.2) is 79.1 Å². The Morgan fingerprint density at radius 3 is 2.47 bits per heavy atom. The highest BCUT2D eigenvalue weighted by Crippen LogP contribution is 2.34. The van der Waals surface area contributed by atoms with E-state index in [1.54, 1.807) is 48.8 Å². The molecule has 150 valence electrons. The number of hydrogen-bond donors (Lipinski definition) is 2. The second-order valence-corrected chi connectivity index (χ2v) is 6.44. The maximum Gasteiger partial charge on any atom is 0.418 e. The van der Waals surface area contributed by atoms with E-state index < -0.39 is 17.6 Å². The lowest BCUT2D eigenvalue weighted by Gasteiger charge is -2.16. The average molecular weight is 408 g/mol. The van der Waals surface area contributed by atoms with Crippen LogP contribution in [0.5, 0.6) is 0 Å². The first-order chi connectivity index (χ1) is 14.4. The third-order valence-electron chi connectivity index (χ3n) is 4.46. The van der Waals surface area contributed by atoms with Crippen molar-refractivity contribution in [1.29, 1.82) is 0 Å². The molecule has 0 spiro atoms. The van der Waals surface area contributed by atoms with Crippen LogP contribution >= 0.6 is 0 Å². The molecule has 0 radical (unpaired) electrons. The summed E-state index contributed by atoms with van der Waals surface area (Å²) in [4.78, 5) is 21.5.